The zero-order valence-corrected chi connectivity index (χ0v) is 32.7. The van der Waals surface area contributed by atoms with Crippen molar-refractivity contribution in [2.45, 2.75) is 192 Å². The van der Waals surface area contributed by atoms with Crippen LogP contribution in [0.15, 0.2) is 0 Å². The average molecular weight is 633 g/mol. The van der Waals surface area contributed by atoms with Crippen LogP contribution in [0.3, 0.4) is 0 Å². The first-order chi connectivity index (χ1) is 20.2. The predicted octanol–water partition coefficient (Wildman–Crippen LogP) is 13.0. The number of nitrogens with zero attached hydrogens (tertiary/aromatic N) is 2. The van der Waals surface area contributed by atoms with Gasteiger partial charge in [0.1, 0.15) is 0 Å². The Hall–Kier alpha value is -0.330. The molecule has 1 aliphatic heterocycles. The fraction of sp³-hybridized carbons (Fsp3) is 1.00. The Labute approximate surface area is 273 Å². The lowest BCUT2D eigenvalue weighted by atomic mass is 10.1. The molecule has 0 radical (unpaired) electrons. The Bertz CT molecular complexity index is 354. The van der Waals surface area contributed by atoms with Crippen LogP contribution in [0.4, 0.5) is 13.2 Å². The average Bonchev–Trinajstić information content (AvgIpc) is 3.81. The Balaban J connectivity index is -0.0000000689. The van der Waals surface area contributed by atoms with E-state index in [1.54, 1.807) is 0 Å². The van der Waals surface area contributed by atoms with Crippen LogP contribution in [0.5, 0.6) is 0 Å². The highest BCUT2D eigenvalue weighted by molar-refractivity contribution is 4.65. The minimum absolute atomic E-state index is 0.344. The monoisotopic (exact) mass is 633 g/mol. The molecule has 6 heteroatoms. The summed E-state index contributed by atoms with van der Waals surface area (Å²) in [5.41, 5.74) is 0. The van der Waals surface area contributed by atoms with Crippen LogP contribution < -0.4 is 0 Å². The topological polar surface area (TPSA) is 26.7 Å². The minimum atomic E-state index is -3.96. The molecule has 0 amide bonds. The lowest BCUT2D eigenvalue weighted by Crippen LogP contribution is -2.29. The number of piperidine rings is 1. The van der Waals surface area contributed by atoms with Crippen molar-refractivity contribution in [3.63, 3.8) is 0 Å². The largest absolute Gasteiger partial charge is 0.396 e. The van der Waals surface area contributed by atoms with Crippen molar-refractivity contribution in [3.05, 3.63) is 0 Å². The fourth-order valence-corrected chi connectivity index (χ4v) is 1.60. The second-order valence-electron chi connectivity index (χ2n) is 11.3. The van der Waals surface area contributed by atoms with Crippen LogP contribution in [0.2, 0.25) is 0 Å². The summed E-state index contributed by atoms with van der Waals surface area (Å²) in [6.45, 7) is 32.5. The van der Waals surface area contributed by atoms with Crippen molar-refractivity contribution in [2.75, 3.05) is 46.9 Å². The first-order valence-electron chi connectivity index (χ1n) is 18.3. The third-order valence-electron chi connectivity index (χ3n) is 5.81. The van der Waals surface area contributed by atoms with Crippen molar-refractivity contribution < 1.29 is 18.3 Å². The van der Waals surface area contributed by atoms with Crippen LogP contribution in [-0.2, 0) is 0 Å². The van der Waals surface area contributed by atoms with Crippen molar-refractivity contribution in [1.82, 2.24) is 9.80 Å². The molecular formula is C37H87F3N2O. The summed E-state index contributed by atoms with van der Waals surface area (Å²) < 4.78 is 32.4. The number of alkyl halides is 3. The molecule has 43 heavy (non-hydrogen) atoms. The van der Waals surface area contributed by atoms with E-state index in [2.05, 4.69) is 107 Å². The van der Waals surface area contributed by atoms with E-state index in [9.17, 15) is 13.2 Å². The molecular weight excluding hydrogens is 545 g/mol. The standard InChI is InChI=1S/C7H15N.C4H11N.C4H10O.C4H8.3C4H10.C3H5F3.C3H8/c1-2-8-6-4-3-5-7-8;1-4-5(2)3;1-2-3-4-5;1-4-2-3-4;3*1-3-4-2;1-2-3(4,5)6;1-3-2/h2-7H2,1H3;4H2,1-3H3;5H,2-4H2,1H3;4H,2-3H2,1H3;3*3-4H2,1-2H3;2H2,1H3;3H2,1-2H3. The molecule has 1 aliphatic carbocycles. The van der Waals surface area contributed by atoms with Gasteiger partial charge in [0.15, 0.2) is 0 Å². The normalized spacial score (nSPS) is 13.1. The fourth-order valence-electron chi connectivity index (χ4n) is 1.60. The maximum Gasteiger partial charge on any atom is 0.388 e. The zero-order valence-electron chi connectivity index (χ0n) is 32.7. The molecule has 2 aliphatic rings. The van der Waals surface area contributed by atoms with E-state index in [1.807, 2.05) is 0 Å². The van der Waals surface area contributed by atoms with Crippen molar-refractivity contribution >= 4 is 0 Å². The highest BCUT2D eigenvalue weighted by Gasteiger charge is 2.22. The highest BCUT2D eigenvalue weighted by Crippen LogP contribution is 2.26. The third kappa shape index (κ3) is 128. The smallest absolute Gasteiger partial charge is 0.388 e. The summed E-state index contributed by atoms with van der Waals surface area (Å²) >= 11 is 0. The lowest BCUT2D eigenvalue weighted by Gasteiger charge is -2.24. The van der Waals surface area contributed by atoms with Gasteiger partial charge in [0.2, 0.25) is 0 Å². The summed E-state index contributed by atoms with van der Waals surface area (Å²) in [5.74, 6) is 1.08. The summed E-state index contributed by atoms with van der Waals surface area (Å²) in [7, 11) is 4.11. The molecule has 0 unspecified atom stereocenters. The lowest BCUT2D eigenvalue weighted by molar-refractivity contribution is -0.130. The van der Waals surface area contributed by atoms with E-state index in [4.69, 9.17) is 5.11 Å². The zero-order chi connectivity index (χ0) is 35.4. The molecule has 0 atom stereocenters. The van der Waals surface area contributed by atoms with E-state index in [-0.39, 0.29) is 0 Å². The third-order valence-corrected chi connectivity index (χ3v) is 5.81. The number of halogens is 3. The van der Waals surface area contributed by atoms with Gasteiger partial charge in [-0.2, -0.15) is 13.2 Å². The van der Waals surface area contributed by atoms with Gasteiger partial charge in [0, 0.05) is 13.0 Å². The quantitative estimate of drug-likeness (QED) is 0.302. The molecule has 1 heterocycles. The molecule has 0 aromatic carbocycles. The highest BCUT2D eigenvalue weighted by atomic mass is 19.4. The van der Waals surface area contributed by atoms with Gasteiger partial charge in [-0.1, -0.05) is 161 Å². The number of hydrogen-bond acceptors (Lipinski definition) is 3. The number of likely N-dealkylation sites (tertiary alicyclic amines) is 1. The summed E-state index contributed by atoms with van der Waals surface area (Å²) in [6, 6.07) is 0. The summed E-state index contributed by atoms with van der Waals surface area (Å²) in [4.78, 5) is 4.64. The van der Waals surface area contributed by atoms with Crippen LogP contribution >= 0.6 is 0 Å². The first-order valence-corrected chi connectivity index (χ1v) is 18.3. The molecule has 0 bridgehead atoms. The van der Waals surface area contributed by atoms with E-state index < -0.39 is 12.6 Å². The molecule has 3 nitrogen and oxygen atoms in total. The molecule has 0 aromatic rings. The van der Waals surface area contributed by atoms with Gasteiger partial charge in [-0.15, -0.1) is 0 Å². The van der Waals surface area contributed by atoms with Gasteiger partial charge in [0.25, 0.3) is 0 Å². The number of rotatable bonds is 7. The van der Waals surface area contributed by atoms with Crippen molar-refractivity contribution in [2.24, 2.45) is 5.92 Å². The van der Waals surface area contributed by atoms with E-state index in [0.29, 0.717) is 6.61 Å². The molecule has 1 saturated carbocycles. The molecule has 272 valence electrons. The van der Waals surface area contributed by atoms with Gasteiger partial charge in [-0.25, -0.2) is 0 Å². The Morgan fingerprint density at radius 1 is 0.651 bits per heavy atom. The van der Waals surface area contributed by atoms with Crippen LogP contribution in [0.25, 0.3) is 0 Å². The van der Waals surface area contributed by atoms with Gasteiger partial charge in [0.05, 0.1) is 0 Å². The maximum atomic E-state index is 10.8. The SMILES string of the molecule is CC1CC1.CCC.CCC(F)(F)F.CCCC.CCCC.CCCC.CCCCO.CCN(C)C.CCN1CCCCC1. The van der Waals surface area contributed by atoms with E-state index in [0.717, 1.165) is 32.2 Å². The maximum absolute atomic E-state index is 10.8. The molecule has 2 rings (SSSR count). The van der Waals surface area contributed by atoms with Gasteiger partial charge in [-0.3, -0.25) is 0 Å². The van der Waals surface area contributed by atoms with Crippen LogP contribution in [0, 0.1) is 5.92 Å². The van der Waals surface area contributed by atoms with Crippen LogP contribution in [-0.4, -0.2) is 68.0 Å². The Morgan fingerprint density at radius 2 is 0.930 bits per heavy atom. The molecule has 1 saturated heterocycles. The van der Waals surface area contributed by atoms with Gasteiger partial charge >= 0.3 is 6.18 Å². The molecule has 0 spiro atoms. The second kappa shape index (κ2) is 57.3. The number of hydrogen-bond donors (Lipinski definition) is 1. The predicted molar refractivity (Wildman–Crippen MR) is 195 cm³/mol. The number of unbranched alkanes of at least 4 members (excludes halogenated alkanes) is 4. The van der Waals surface area contributed by atoms with Gasteiger partial charge in [-0.05, 0) is 65.5 Å². The van der Waals surface area contributed by atoms with Crippen LogP contribution in [0.1, 0.15) is 186 Å². The molecule has 2 fully saturated rings. The second-order valence-corrected chi connectivity index (χ2v) is 11.3. The molecule has 0 aromatic heterocycles. The summed E-state index contributed by atoms with van der Waals surface area (Å²) in [5, 5.41) is 8.07. The summed E-state index contributed by atoms with van der Waals surface area (Å²) in [6.07, 6.45) is 13.8. The Morgan fingerprint density at radius 3 is 1.00 bits per heavy atom. The van der Waals surface area contributed by atoms with Gasteiger partial charge < -0.3 is 14.9 Å². The van der Waals surface area contributed by atoms with E-state index >= 15 is 0 Å². The van der Waals surface area contributed by atoms with E-state index in [1.165, 1.54) is 96.7 Å². The Kier molecular flexibility index (Phi) is 77.7. The number of aliphatic hydroxyl groups is 1. The minimum Gasteiger partial charge on any atom is -0.396 e. The van der Waals surface area contributed by atoms with Crippen molar-refractivity contribution in [1.29, 1.82) is 0 Å². The molecule has 1 N–H and O–H groups in total. The first kappa shape index (κ1) is 58.2. The number of aliphatic hydroxyl groups excluding tert-OH is 1. The van der Waals surface area contributed by atoms with Crippen molar-refractivity contribution in [3.8, 4) is 0 Å².